The number of carbonyl (C=O) groups is 2. The molecule has 11 heteroatoms. The summed E-state index contributed by atoms with van der Waals surface area (Å²) in [5, 5.41) is 0. The van der Waals surface area contributed by atoms with Crippen molar-refractivity contribution in [3.05, 3.63) is 78.4 Å². The van der Waals surface area contributed by atoms with Gasteiger partial charge in [-0.1, -0.05) is 13.0 Å². The largest absolute Gasteiger partial charge is 0.493 e. The Morgan fingerprint density at radius 2 is 1.50 bits per heavy atom. The Balaban J connectivity index is 0.00000294. The van der Waals surface area contributed by atoms with Crippen LogP contribution in [0.15, 0.2) is 67.3 Å². The van der Waals surface area contributed by atoms with Gasteiger partial charge in [0.25, 0.3) is 0 Å². The SMILES string of the molecule is CCC1C(=O)N(CC)c2ccc(OCCCN(CCc3cccnc3)Cc3ccncc3)cc2N(CC)C1=O.Cl.Cl.Cl. The molecule has 8 nitrogen and oxygen atoms in total. The molecule has 230 valence electrons. The number of hydrogen-bond acceptors (Lipinski definition) is 6. The van der Waals surface area contributed by atoms with E-state index in [0.717, 1.165) is 43.9 Å². The first-order valence-corrected chi connectivity index (χ1v) is 13.9. The number of hydrogen-bond donors (Lipinski definition) is 0. The molecule has 1 aromatic carbocycles. The van der Waals surface area contributed by atoms with E-state index in [0.29, 0.717) is 31.9 Å². The van der Waals surface area contributed by atoms with Gasteiger partial charge in [-0.3, -0.25) is 24.5 Å². The molecule has 0 aliphatic carbocycles. The summed E-state index contributed by atoms with van der Waals surface area (Å²) in [4.78, 5) is 40.6. The summed E-state index contributed by atoms with van der Waals surface area (Å²) in [6, 6.07) is 13.9. The summed E-state index contributed by atoms with van der Waals surface area (Å²) in [6.45, 7) is 9.97. The lowest BCUT2D eigenvalue weighted by molar-refractivity contribution is -0.132. The van der Waals surface area contributed by atoms with Crippen LogP contribution in [0.25, 0.3) is 0 Å². The minimum atomic E-state index is -0.653. The highest BCUT2D eigenvalue weighted by Crippen LogP contribution is 2.38. The molecular weight excluding hydrogens is 597 g/mol. The van der Waals surface area contributed by atoms with E-state index in [-0.39, 0.29) is 49.0 Å². The van der Waals surface area contributed by atoms with Crippen LogP contribution in [-0.4, -0.2) is 59.5 Å². The third-order valence-corrected chi connectivity index (χ3v) is 7.18. The summed E-state index contributed by atoms with van der Waals surface area (Å²) in [7, 11) is 0. The van der Waals surface area contributed by atoms with Gasteiger partial charge in [0.1, 0.15) is 11.7 Å². The van der Waals surface area contributed by atoms with Gasteiger partial charge in [0.15, 0.2) is 0 Å². The minimum absolute atomic E-state index is 0. The van der Waals surface area contributed by atoms with E-state index in [1.54, 1.807) is 16.0 Å². The van der Waals surface area contributed by atoms with Crippen LogP contribution in [0, 0.1) is 5.92 Å². The lowest BCUT2D eigenvalue weighted by Crippen LogP contribution is -2.41. The van der Waals surface area contributed by atoms with Crippen LogP contribution in [0.4, 0.5) is 11.4 Å². The minimum Gasteiger partial charge on any atom is -0.493 e. The lowest BCUT2D eigenvalue weighted by Gasteiger charge is -2.25. The topological polar surface area (TPSA) is 78.9 Å². The van der Waals surface area contributed by atoms with Crippen LogP contribution in [-0.2, 0) is 22.6 Å². The molecule has 0 N–H and O–H groups in total. The van der Waals surface area contributed by atoms with Gasteiger partial charge in [-0.25, -0.2) is 0 Å². The Morgan fingerprint density at radius 1 is 0.810 bits per heavy atom. The third-order valence-electron chi connectivity index (χ3n) is 7.18. The fraction of sp³-hybridized carbons (Fsp3) is 0.419. The van der Waals surface area contributed by atoms with Gasteiger partial charge in [-0.05, 0) is 74.6 Å². The summed E-state index contributed by atoms with van der Waals surface area (Å²) >= 11 is 0. The summed E-state index contributed by atoms with van der Waals surface area (Å²) < 4.78 is 6.17. The van der Waals surface area contributed by atoms with Crippen molar-refractivity contribution in [2.45, 2.75) is 46.6 Å². The van der Waals surface area contributed by atoms with Crippen molar-refractivity contribution in [1.82, 2.24) is 14.9 Å². The van der Waals surface area contributed by atoms with E-state index in [1.165, 1.54) is 11.1 Å². The number of anilines is 2. The number of fused-ring (bicyclic) bond motifs is 1. The average Bonchev–Trinajstić information content (AvgIpc) is 3.05. The average molecular weight is 639 g/mol. The van der Waals surface area contributed by atoms with Crippen molar-refractivity contribution >= 4 is 60.4 Å². The number of amides is 2. The van der Waals surface area contributed by atoms with Crippen LogP contribution < -0.4 is 14.5 Å². The molecule has 0 bridgehead atoms. The lowest BCUT2D eigenvalue weighted by atomic mass is 10.0. The normalized spacial score (nSPS) is 14.3. The monoisotopic (exact) mass is 637 g/mol. The smallest absolute Gasteiger partial charge is 0.239 e. The molecule has 0 saturated heterocycles. The fourth-order valence-corrected chi connectivity index (χ4v) is 5.09. The van der Waals surface area contributed by atoms with Gasteiger partial charge in [0.05, 0.1) is 18.0 Å². The van der Waals surface area contributed by atoms with E-state index in [4.69, 9.17) is 4.74 Å². The number of nitrogens with zero attached hydrogens (tertiary/aromatic N) is 5. The molecule has 0 saturated carbocycles. The number of benzene rings is 1. The molecule has 3 heterocycles. The zero-order chi connectivity index (χ0) is 27.6. The fourth-order valence-electron chi connectivity index (χ4n) is 5.09. The predicted molar refractivity (Wildman–Crippen MR) is 176 cm³/mol. The molecule has 1 aliphatic heterocycles. The van der Waals surface area contributed by atoms with E-state index in [9.17, 15) is 9.59 Å². The van der Waals surface area contributed by atoms with Crippen LogP contribution in [0.2, 0.25) is 0 Å². The Hall–Kier alpha value is -2.91. The zero-order valence-electron chi connectivity index (χ0n) is 24.5. The van der Waals surface area contributed by atoms with Gasteiger partial charge < -0.3 is 14.5 Å². The molecule has 1 unspecified atom stereocenters. The Kier molecular flexibility index (Phi) is 16.4. The summed E-state index contributed by atoms with van der Waals surface area (Å²) in [5.41, 5.74) is 3.95. The molecule has 1 atom stereocenters. The van der Waals surface area contributed by atoms with Gasteiger partial charge >= 0.3 is 0 Å². The summed E-state index contributed by atoms with van der Waals surface area (Å²) in [6.07, 6.45) is 9.64. The molecule has 0 spiro atoms. The second-order valence-corrected chi connectivity index (χ2v) is 9.72. The Bertz CT molecular complexity index is 1240. The standard InChI is InChI=1S/C31H39N5O3.3ClH/c1-4-27-30(37)35(5-2)28-11-10-26(21-29(28)36(6-3)31(27)38)39-20-8-18-34(23-25-12-16-32-17-13-25)19-14-24-9-7-15-33-22-24;;;/h7,9-13,15-17,21-22,27H,4-6,8,14,18-20,23H2,1-3H3;3*1H. The van der Waals surface area contributed by atoms with Gasteiger partial charge in [0, 0.05) is 63.6 Å². The molecule has 42 heavy (non-hydrogen) atoms. The quantitative estimate of drug-likeness (QED) is 0.169. The van der Waals surface area contributed by atoms with Gasteiger partial charge in [-0.15, -0.1) is 37.2 Å². The zero-order valence-corrected chi connectivity index (χ0v) is 26.9. The molecule has 0 radical (unpaired) electrons. The number of carbonyl (C=O) groups excluding carboxylic acids is 2. The van der Waals surface area contributed by atoms with Crippen molar-refractivity contribution < 1.29 is 14.3 Å². The number of halogens is 3. The van der Waals surface area contributed by atoms with Gasteiger partial charge in [-0.2, -0.15) is 0 Å². The van der Waals surface area contributed by atoms with E-state index in [1.807, 2.05) is 63.6 Å². The molecule has 4 rings (SSSR count). The third kappa shape index (κ3) is 9.30. The molecule has 0 fully saturated rings. The highest BCUT2D eigenvalue weighted by molar-refractivity contribution is 6.17. The van der Waals surface area contributed by atoms with Gasteiger partial charge in [0.2, 0.25) is 11.8 Å². The molecular formula is C31H42Cl3N5O3. The Morgan fingerprint density at radius 3 is 2.12 bits per heavy atom. The number of ether oxygens (including phenoxy) is 1. The highest BCUT2D eigenvalue weighted by Gasteiger charge is 2.38. The Labute approximate surface area is 268 Å². The van der Waals surface area contributed by atoms with Crippen LogP contribution in [0.3, 0.4) is 0 Å². The summed E-state index contributed by atoms with van der Waals surface area (Å²) in [5.74, 6) is -0.217. The maximum atomic E-state index is 13.2. The molecule has 2 aromatic heterocycles. The number of pyridine rings is 2. The maximum absolute atomic E-state index is 13.2. The highest BCUT2D eigenvalue weighted by atomic mass is 35.5. The van der Waals surface area contributed by atoms with Crippen molar-refractivity contribution in [3.8, 4) is 5.75 Å². The van der Waals surface area contributed by atoms with Crippen molar-refractivity contribution in [1.29, 1.82) is 0 Å². The van der Waals surface area contributed by atoms with E-state index >= 15 is 0 Å². The van der Waals surface area contributed by atoms with Crippen molar-refractivity contribution in [3.63, 3.8) is 0 Å². The predicted octanol–water partition coefficient (Wildman–Crippen LogP) is 6.00. The second kappa shape index (κ2) is 18.6. The first-order valence-electron chi connectivity index (χ1n) is 13.9. The number of rotatable bonds is 13. The molecule has 2 amide bonds. The molecule has 3 aromatic rings. The van der Waals surface area contributed by atoms with Crippen LogP contribution >= 0.6 is 37.2 Å². The van der Waals surface area contributed by atoms with Crippen molar-refractivity contribution in [2.24, 2.45) is 5.92 Å². The maximum Gasteiger partial charge on any atom is 0.239 e. The van der Waals surface area contributed by atoms with E-state index in [2.05, 4.69) is 33.1 Å². The van der Waals surface area contributed by atoms with Crippen LogP contribution in [0.5, 0.6) is 5.75 Å². The first-order chi connectivity index (χ1) is 19.0. The second-order valence-electron chi connectivity index (χ2n) is 9.72. The van der Waals surface area contributed by atoms with E-state index < -0.39 is 5.92 Å². The van der Waals surface area contributed by atoms with Crippen LogP contribution in [0.1, 0.15) is 44.7 Å². The molecule has 1 aliphatic rings. The first kappa shape index (κ1) is 37.1. The number of aromatic nitrogens is 2. The van der Waals surface area contributed by atoms with Crippen molar-refractivity contribution in [2.75, 3.05) is 42.6 Å².